The van der Waals surface area contributed by atoms with E-state index in [4.69, 9.17) is 9.47 Å². The summed E-state index contributed by atoms with van der Waals surface area (Å²) in [5, 5.41) is 5.48. The fourth-order valence-corrected chi connectivity index (χ4v) is 5.22. The van der Waals surface area contributed by atoms with Gasteiger partial charge in [0.2, 0.25) is 17.0 Å². The van der Waals surface area contributed by atoms with E-state index in [2.05, 4.69) is 20.0 Å². The van der Waals surface area contributed by atoms with Gasteiger partial charge in [-0.1, -0.05) is 23.5 Å². The highest BCUT2D eigenvalue weighted by Crippen LogP contribution is 2.30. The molecule has 2 aromatic carbocycles. The predicted octanol–water partition coefficient (Wildman–Crippen LogP) is 4.79. The van der Waals surface area contributed by atoms with Gasteiger partial charge in [0.25, 0.3) is 0 Å². The van der Waals surface area contributed by atoms with Gasteiger partial charge in [0.15, 0.2) is 4.34 Å². The molecule has 174 valence electrons. The lowest BCUT2D eigenvalue weighted by Gasteiger charge is -2.11. The summed E-state index contributed by atoms with van der Waals surface area (Å²) in [5.74, 6) is 1.16. The Morgan fingerprint density at radius 3 is 1.73 bits per heavy atom. The molecule has 33 heavy (non-hydrogen) atoms. The Bertz CT molecular complexity index is 990. The van der Waals surface area contributed by atoms with E-state index in [-0.39, 0.29) is 17.1 Å². The van der Waals surface area contributed by atoms with E-state index < -0.39 is 5.25 Å². The van der Waals surface area contributed by atoms with Gasteiger partial charge in [-0.05, 0) is 73.9 Å². The number of hydrogen-bond acceptors (Lipinski definition) is 9. The number of nitrogens with zero attached hydrogens (tertiary/aromatic N) is 2. The van der Waals surface area contributed by atoms with E-state index in [0.717, 1.165) is 11.5 Å². The van der Waals surface area contributed by atoms with Crippen molar-refractivity contribution in [2.75, 3.05) is 24.9 Å². The highest BCUT2D eigenvalue weighted by atomic mass is 32.2. The molecule has 2 amide bonds. The predicted molar refractivity (Wildman–Crippen MR) is 134 cm³/mol. The zero-order valence-electron chi connectivity index (χ0n) is 18.5. The Morgan fingerprint density at radius 2 is 1.27 bits per heavy atom. The van der Waals surface area contributed by atoms with E-state index in [1.807, 2.05) is 6.92 Å². The third kappa shape index (κ3) is 7.37. The second-order valence-electron chi connectivity index (χ2n) is 6.80. The molecule has 0 aliphatic carbocycles. The number of rotatable bonds is 10. The van der Waals surface area contributed by atoms with Crippen molar-refractivity contribution in [2.45, 2.75) is 33.8 Å². The van der Waals surface area contributed by atoms with Crippen molar-refractivity contribution in [1.29, 1.82) is 0 Å². The molecule has 0 fully saturated rings. The number of benzene rings is 2. The highest BCUT2D eigenvalue weighted by molar-refractivity contribution is 8.02. The summed E-state index contributed by atoms with van der Waals surface area (Å²) in [6.07, 6.45) is 0. The summed E-state index contributed by atoms with van der Waals surface area (Å²) in [7, 11) is 3.18. The zero-order chi connectivity index (χ0) is 23.8. The van der Waals surface area contributed by atoms with Gasteiger partial charge in [-0.3, -0.25) is 9.59 Å². The van der Waals surface area contributed by atoms with Gasteiger partial charge >= 0.3 is 0 Å². The monoisotopic (exact) mass is 504 g/mol. The Balaban J connectivity index is 1.49. The van der Waals surface area contributed by atoms with E-state index >= 15 is 0 Å². The van der Waals surface area contributed by atoms with Crippen LogP contribution in [0.3, 0.4) is 0 Å². The first-order chi connectivity index (χ1) is 15.9. The lowest BCUT2D eigenvalue weighted by atomic mass is 10.3. The minimum Gasteiger partial charge on any atom is -0.497 e. The van der Waals surface area contributed by atoms with Crippen molar-refractivity contribution in [3.8, 4) is 11.5 Å². The van der Waals surface area contributed by atoms with Gasteiger partial charge < -0.3 is 20.1 Å². The Morgan fingerprint density at radius 1 is 0.818 bits per heavy atom. The van der Waals surface area contributed by atoms with Crippen molar-refractivity contribution in [3.05, 3.63) is 48.5 Å². The molecule has 0 saturated carbocycles. The standard InChI is InChI=1S/C22H24N4O4S3/c1-13(19(27)23-15-5-9-17(29-3)10-6-15)31-21-25-22(33-26-21)32-14(2)20(28)24-16-7-11-18(30-4)12-8-16/h5-14H,1-4H3,(H,23,27)(H,24,28). The summed E-state index contributed by atoms with van der Waals surface area (Å²) < 4.78 is 15.2. The largest absolute Gasteiger partial charge is 0.497 e. The quantitative estimate of drug-likeness (QED) is 0.380. The summed E-state index contributed by atoms with van der Waals surface area (Å²) in [5.41, 5.74) is 1.38. The number of carbonyl (C=O) groups excluding carboxylic acids is 2. The smallest absolute Gasteiger partial charge is 0.237 e. The first-order valence-corrected chi connectivity index (χ1v) is 12.5. The van der Waals surface area contributed by atoms with E-state index in [1.165, 1.54) is 35.1 Å². The lowest BCUT2D eigenvalue weighted by Crippen LogP contribution is -2.22. The van der Waals surface area contributed by atoms with Gasteiger partial charge in [0.05, 0.1) is 24.7 Å². The third-order valence-corrected chi connectivity index (χ3v) is 7.36. The molecule has 0 aliphatic rings. The van der Waals surface area contributed by atoms with Crippen LogP contribution in [0.1, 0.15) is 13.8 Å². The number of anilines is 2. The average molecular weight is 505 g/mol. The van der Waals surface area contributed by atoms with Crippen LogP contribution >= 0.6 is 35.1 Å². The number of methoxy groups -OCH3 is 2. The molecule has 0 spiro atoms. The summed E-state index contributed by atoms with van der Waals surface area (Å²) in [6.45, 7) is 3.60. The summed E-state index contributed by atoms with van der Waals surface area (Å²) in [4.78, 5) is 29.4. The number of ether oxygens (including phenoxy) is 2. The molecule has 3 aromatic rings. The van der Waals surface area contributed by atoms with Crippen molar-refractivity contribution in [2.24, 2.45) is 0 Å². The van der Waals surface area contributed by atoms with Gasteiger partial charge in [-0.15, -0.1) is 0 Å². The Labute approximate surface area is 205 Å². The zero-order valence-corrected chi connectivity index (χ0v) is 21.0. The topological polar surface area (TPSA) is 102 Å². The summed E-state index contributed by atoms with van der Waals surface area (Å²) in [6, 6.07) is 14.3. The highest BCUT2D eigenvalue weighted by Gasteiger charge is 2.20. The minimum atomic E-state index is -0.393. The van der Waals surface area contributed by atoms with E-state index in [9.17, 15) is 9.59 Å². The fourth-order valence-electron chi connectivity index (χ4n) is 2.55. The van der Waals surface area contributed by atoms with Crippen LogP contribution in [0.15, 0.2) is 58.0 Å². The number of thioether (sulfide) groups is 2. The number of nitrogens with one attached hydrogen (secondary N) is 2. The molecule has 1 heterocycles. The molecule has 11 heteroatoms. The van der Waals surface area contributed by atoms with Crippen LogP contribution in [-0.4, -0.2) is 45.9 Å². The molecule has 0 aliphatic heterocycles. The van der Waals surface area contributed by atoms with Crippen LogP contribution in [0.4, 0.5) is 11.4 Å². The molecule has 2 N–H and O–H groups in total. The number of aromatic nitrogens is 2. The van der Waals surface area contributed by atoms with Crippen LogP contribution < -0.4 is 20.1 Å². The maximum Gasteiger partial charge on any atom is 0.237 e. The number of hydrogen-bond donors (Lipinski definition) is 2. The van der Waals surface area contributed by atoms with Gasteiger partial charge in [-0.2, -0.15) is 4.37 Å². The van der Waals surface area contributed by atoms with Crippen LogP contribution in [0.5, 0.6) is 11.5 Å². The minimum absolute atomic E-state index is 0.137. The normalized spacial score (nSPS) is 12.5. The van der Waals surface area contributed by atoms with Crippen LogP contribution in [-0.2, 0) is 9.59 Å². The average Bonchev–Trinajstić information content (AvgIpc) is 3.26. The fraction of sp³-hybridized carbons (Fsp3) is 0.273. The first kappa shape index (κ1) is 24.9. The molecule has 0 bridgehead atoms. The van der Waals surface area contributed by atoms with E-state index in [0.29, 0.717) is 20.9 Å². The maximum atomic E-state index is 12.5. The number of carbonyl (C=O) groups is 2. The van der Waals surface area contributed by atoms with Crippen LogP contribution in [0.25, 0.3) is 0 Å². The Hall–Kier alpha value is -2.76. The van der Waals surface area contributed by atoms with Crippen LogP contribution in [0.2, 0.25) is 0 Å². The van der Waals surface area contributed by atoms with Gasteiger partial charge in [0, 0.05) is 11.4 Å². The second-order valence-corrected chi connectivity index (χ2v) is 10.4. The molecule has 2 unspecified atom stereocenters. The molecular weight excluding hydrogens is 480 g/mol. The Kier molecular flexibility index (Phi) is 8.98. The molecule has 0 radical (unpaired) electrons. The molecule has 2 atom stereocenters. The molecule has 3 rings (SSSR count). The molecule has 1 aromatic heterocycles. The number of amides is 2. The van der Waals surface area contributed by atoms with Crippen molar-refractivity contribution in [3.63, 3.8) is 0 Å². The molecular formula is C22H24N4O4S3. The van der Waals surface area contributed by atoms with Gasteiger partial charge in [0.1, 0.15) is 11.5 Å². The molecule has 0 saturated heterocycles. The second kappa shape index (κ2) is 11.9. The van der Waals surface area contributed by atoms with Crippen molar-refractivity contribution < 1.29 is 19.1 Å². The van der Waals surface area contributed by atoms with Crippen molar-refractivity contribution in [1.82, 2.24) is 9.36 Å². The van der Waals surface area contributed by atoms with Crippen LogP contribution in [0, 0.1) is 0 Å². The lowest BCUT2D eigenvalue weighted by molar-refractivity contribution is -0.116. The maximum absolute atomic E-state index is 12.5. The van der Waals surface area contributed by atoms with Gasteiger partial charge in [-0.25, -0.2) is 4.98 Å². The van der Waals surface area contributed by atoms with Crippen molar-refractivity contribution >= 4 is 58.2 Å². The van der Waals surface area contributed by atoms with E-state index in [1.54, 1.807) is 69.7 Å². The SMILES string of the molecule is COc1ccc(NC(=O)C(C)Sc2nsc(SC(C)C(=O)Nc3ccc(OC)cc3)n2)cc1. The summed E-state index contributed by atoms with van der Waals surface area (Å²) >= 11 is 3.80. The first-order valence-electron chi connectivity index (χ1n) is 9.94. The molecule has 8 nitrogen and oxygen atoms in total. The third-order valence-electron chi connectivity index (χ3n) is 4.40.